The van der Waals surface area contributed by atoms with Crippen LogP contribution in [0.5, 0.6) is 0 Å². The molecule has 1 aliphatic carbocycles. The molecule has 0 bridgehead atoms. The monoisotopic (exact) mass is 176 g/mol. The zero-order chi connectivity index (χ0) is 9.26. The molecule has 0 saturated heterocycles. The molecular formula is C10H12N2O. The third-order valence-electron chi connectivity index (χ3n) is 2.57. The van der Waals surface area contributed by atoms with Gasteiger partial charge in [0.25, 0.3) is 0 Å². The molecule has 13 heavy (non-hydrogen) atoms. The van der Waals surface area contributed by atoms with Crippen molar-refractivity contribution in [1.29, 1.82) is 0 Å². The van der Waals surface area contributed by atoms with Gasteiger partial charge >= 0.3 is 0 Å². The number of carbonyl (C=O) groups is 1. The van der Waals surface area contributed by atoms with Gasteiger partial charge in [0.1, 0.15) is 0 Å². The summed E-state index contributed by atoms with van der Waals surface area (Å²) >= 11 is 0. The molecule has 0 spiro atoms. The lowest BCUT2D eigenvalue weighted by molar-refractivity contribution is -0.110. The van der Waals surface area contributed by atoms with E-state index in [1.54, 1.807) is 0 Å². The van der Waals surface area contributed by atoms with E-state index in [4.69, 9.17) is 5.73 Å². The highest BCUT2D eigenvalue weighted by atomic mass is 16.1. The highest BCUT2D eigenvalue weighted by Crippen LogP contribution is 2.28. The van der Waals surface area contributed by atoms with Crippen molar-refractivity contribution < 1.29 is 4.79 Å². The van der Waals surface area contributed by atoms with E-state index < -0.39 is 0 Å². The summed E-state index contributed by atoms with van der Waals surface area (Å²) in [7, 11) is 0. The summed E-state index contributed by atoms with van der Waals surface area (Å²) in [6.07, 6.45) is 1.56. The molecule has 2 rings (SSSR count). The fraction of sp³-hybridized carbons (Fsp3) is 0.300. The van der Waals surface area contributed by atoms with Crippen LogP contribution in [0.3, 0.4) is 0 Å². The van der Waals surface area contributed by atoms with Crippen LogP contribution in [0.25, 0.3) is 0 Å². The number of hydrogen-bond acceptors (Lipinski definition) is 2. The topological polar surface area (TPSA) is 55.1 Å². The molecule has 0 aromatic heterocycles. The largest absolute Gasteiger partial charge is 0.354 e. The van der Waals surface area contributed by atoms with E-state index in [1.807, 2.05) is 18.2 Å². The number of hydrogen-bond donors (Lipinski definition) is 2. The summed E-state index contributed by atoms with van der Waals surface area (Å²) in [6.45, 7) is 0. The predicted octanol–water partition coefficient (Wildman–Crippen LogP) is 0.357. The van der Waals surface area contributed by atoms with Gasteiger partial charge in [0, 0.05) is 0 Å². The van der Waals surface area contributed by atoms with Gasteiger partial charge in [-0.05, 0) is 17.5 Å². The average molecular weight is 176 g/mol. The molecule has 1 aromatic rings. The van der Waals surface area contributed by atoms with Crippen LogP contribution >= 0.6 is 0 Å². The van der Waals surface area contributed by atoms with Crippen LogP contribution in [0.15, 0.2) is 24.3 Å². The van der Waals surface area contributed by atoms with Crippen molar-refractivity contribution in [3.05, 3.63) is 35.4 Å². The number of fused-ring (bicyclic) bond motifs is 1. The first-order valence-corrected chi connectivity index (χ1v) is 4.36. The standard InChI is InChI=1S/C10H12N2O/c11-10-8-4-2-1-3-7(8)5-9(10)12-6-13/h1-4,6,9-10H,5,11H2,(H,12,13)/t9-,10?/m0/s1. The lowest BCUT2D eigenvalue weighted by Crippen LogP contribution is -2.35. The molecule has 0 saturated carbocycles. The summed E-state index contributed by atoms with van der Waals surface area (Å²) in [5.74, 6) is 0. The average Bonchev–Trinajstić information content (AvgIpc) is 2.46. The van der Waals surface area contributed by atoms with Gasteiger partial charge in [-0.1, -0.05) is 24.3 Å². The Morgan fingerprint density at radius 1 is 1.46 bits per heavy atom. The molecule has 0 aliphatic heterocycles. The molecule has 1 aliphatic rings. The Balaban J connectivity index is 2.27. The Hall–Kier alpha value is -1.35. The zero-order valence-corrected chi connectivity index (χ0v) is 7.23. The number of carbonyl (C=O) groups excluding carboxylic acids is 1. The molecule has 0 heterocycles. The SMILES string of the molecule is NC1c2ccccc2C[C@@H]1NC=O. The van der Waals surface area contributed by atoms with Crippen molar-refractivity contribution in [1.82, 2.24) is 5.32 Å². The Morgan fingerprint density at radius 3 is 2.92 bits per heavy atom. The van der Waals surface area contributed by atoms with Crippen LogP contribution in [-0.4, -0.2) is 12.5 Å². The second-order valence-electron chi connectivity index (χ2n) is 3.32. The van der Waals surface area contributed by atoms with Gasteiger partial charge in [-0.15, -0.1) is 0 Å². The van der Waals surface area contributed by atoms with Crippen LogP contribution in [0, 0.1) is 0 Å². The van der Waals surface area contributed by atoms with Crippen LogP contribution < -0.4 is 11.1 Å². The Morgan fingerprint density at radius 2 is 2.23 bits per heavy atom. The van der Waals surface area contributed by atoms with E-state index in [2.05, 4.69) is 11.4 Å². The van der Waals surface area contributed by atoms with Crippen molar-refractivity contribution in [2.45, 2.75) is 18.5 Å². The Kier molecular flexibility index (Phi) is 2.02. The highest BCUT2D eigenvalue weighted by Gasteiger charge is 2.28. The number of rotatable bonds is 2. The molecule has 0 radical (unpaired) electrons. The molecule has 1 amide bonds. The summed E-state index contributed by atoms with van der Waals surface area (Å²) in [5, 5.41) is 2.74. The van der Waals surface area contributed by atoms with Gasteiger partial charge in [0.2, 0.25) is 6.41 Å². The third-order valence-corrected chi connectivity index (χ3v) is 2.57. The van der Waals surface area contributed by atoms with E-state index in [1.165, 1.54) is 5.56 Å². The summed E-state index contributed by atoms with van der Waals surface area (Å²) in [6, 6.07) is 8.06. The highest BCUT2D eigenvalue weighted by molar-refractivity contribution is 5.49. The molecule has 3 nitrogen and oxygen atoms in total. The van der Waals surface area contributed by atoms with Gasteiger partial charge in [-0.2, -0.15) is 0 Å². The van der Waals surface area contributed by atoms with Crippen LogP contribution in [0.1, 0.15) is 17.2 Å². The Bertz CT molecular complexity index is 324. The molecule has 2 atom stereocenters. The van der Waals surface area contributed by atoms with Gasteiger partial charge in [0.05, 0.1) is 12.1 Å². The first-order valence-electron chi connectivity index (χ1n) is 4.36. The van der Waals surface area contributed by atoms with Gasteiger partial charge in [0.15, 0.2) is 0 Å². The second kappa shape index (κ2) is 3.18. The van der Waals surface area contributed by atoms with Crippen molar-refractivity contribution >= 4 is 6.41 Å². The number of benzene rings is 1. The first-order chi connectivity index (χ1) is 6.33. The maximum Gasteiger partial charge on any atom is 0.207 e. The maximum atomic E-state index is 10.3. The van der Waals surface area contributed by atoms with E-state index >= 15 is 0 Å². The van der Waals surface area contributed by atoms with Crippen molar-refractivity contribution in [2.75, 3.05) is 0 Å². The van der Waals surface area contributed by atoms with Crippen LogP contribution in [0.2, 0.25) is 0 Å². The number of nitrogens with one attached hydrogen (secondary N) is 1. The number of nitrogens with two attached hydrogens (primary N) is 1. The summed E-state index contributed by atoms with van der Waals surface area (Å²) in [4.78, 5) is 10.3. The lowest BCUT2D eigenvalue weighted by Gasteiger charge is -2.14. The maximum absolute atomic E-state index is 10.3. The summed E-state index contributed by atoms with van der Waals surface area (Å²) < 4.78 is 0. The van der Waals surface area contributed by atoms with Gasteiger partial charge in [-0.3, -0.25) is 4.79 Å². The van der Waals surface area contributed by atoms with E-state index in [0.29, 0.717) is 0 Å². The number of amides is 1. The fourth-order valence-corrected chi connectivity index (χ4v) is 1.88. The molecule has 1 unspecified atom stereocenters. The smallest absolute Gasteiger partial charge is 0.207 e. The fourth-order valence-electron chi connectivity index (χ4n) is 1.88. The summed E-state index contributed by atoms with van der Waals surface area (Å²) in [5.41, 5.74) is 8.35. The molecule has 1 aromatic carbocycles. The quantitative estimate of drug-likeness (QED) is 0.639. The predicted molar refractivity (Wildman–Crippen MR) is 50.1 cm³/mol. The Labute approximate surface area is 76.9 Å². The van der Waals surface area contributed by atoms with Crippen molar-refractivity contribution in [2.24, 2.45) is 5.73 Å². The molecule has 0 fully saturated rings. The molecule has 68 valence electrons. The van der Waals surface area contributed by atoms with Crippen LogP contribution in [0.4, 0.5) is 0 Å². The first kappa shape index (κ1) is 8.26. The normalized spacial score (nSPS) is 25.3. The molecule has 3 N–H and O–H groups in total. The van der Waals surface area contributed by atoms with E-state index in [0.717, 1.165) is 18.4 Å². The molecule has 3 heteroatoms. The minimum absolute atomic E-state index is 0.0543. The molecular weight excluding hydrogens is 164 g/mol. The van der Waals surface area contributed by atoms with Crippen molar-refractivity contribution in [3.63, 3.8) is 0 Å². The van der Waals surface area contributed by atoms with Gasteiger partial charge < -0.3 is 11.1 Å². The minimum atomic E-state index is -0.0543. The van der Waals surface area contributed by atoms with E-state index in [-0.39, 0.29) is 12.1 Å². The minimum Gasteiger partial charge on any atom is -0.354 e. The third kappa shape index (κ3) is 1.31. The van der Waals surface area contributed by atoms with E-state index in [9.17, 15) is 4.79 Å². The lowest BCUT2D eigenvalue weighted by atomic mass is 10.1. The van der Waals surface area contributed by atoms with Crippen LogP contribution in [-0.2, 0) is 11.2 Å². The van der Waals surface area contributed by atoms with Gasteiger partial charge in [-0.25, -0.2) is 0 Å². The second-order valence-corrected chi connectivity index (χ2v) is 3.32. The zero-order valence-electron chi connectivity index (χ0n) is 7.23. The van der Waals surface area contributed by atoms with Crippen molar-refractivity contribution in [3.8, 4) is 0 Å².